The molecular formula is C16H17NO3. The molecule has 1 saturated heterocycles. The van der Waals surface area contributed by atoms with E-state index < -0.39 is 6.09 Å². The fraction of sp³-hybridized carbons (Fsp3) is 0.312. The van der Waals surface area contributed by atoms with Crippen molar-refractivity contribution in [3.63, 3.8) is 0 Å². The first kappa shape index (κ1) is 12.9. The molecule has 1 aliphatic heterocycles. The van der Waals surface area contributed by atoms with Crippen LogP contribution in [0.4, 0.5) is 10.5 Å². The number of carbonyl (C=O) groups is 1. The first-order chi connectivity index (χ1) is 9.83. The van der Waals surface area contributed by atoms with Crippen molar-refractivity contribution >= 4 is 22.6 Å². The van der Waals surface area contributed by atoms with Gasteiger partial charge in [-0.25, -0.2) is 4.79 Å². The number of amides is 1. The van der Waals surface area contributed by atoms with E-state index in [4.69, 9.17) is 9.47 Å². The number of hydrogen-bond acceptors (Lipinski definition) is 3. The highest BCUT2D eigenvalue weighted by atomic mass is 16.6. The fourth-order valence-electron chi connectivity index (χ4n) is 2.42. The second-order valence-corrected chi connectivity index (χ2v) is 4.89. The number of carbonyl (C=O) groups excluding carboxylic acids is 1. The number of rotatable bonds is 3. The van der Waals surface area contributed by atoms with E-state index in [1.807, 2.05) is 42.5 Å². The molecule has 104 valence electrons. The highest BCUT2D eigenvalue weighted by molar-refractivity contribution is 6.00. The van der Waals surface area contributed by atoms with Gasteiger partial charge in [0.25, 0.3) is 0 Å². The third-order valence-corrected chi connectivity index (χ3v) is 3.45. The van der Waals surface area contributed by atoms with Gasteiger partial charge in [0.05, 0.1) is 11.8 Å². The number of ether oxygens (including phenoxy) is 2. The summed E-state index contributed by atoms with van der Waals surface area (Å²) in [4.78, 5) is 11.8. The number of nitrogens with one attached hydrogen (secondary N) is 1. The summed E-state index contributed by atoms with van der Waals surface area (Å²) in [6.45, 7) is 1.08. The van der Waals surface area contributed by atoms with Crippen LogP contribution in [0.3, 0.4) is 0 Å². The van der Waals surface area contributed by atoms with E-state index in [9.17, 15) is 4.79 Å². The molecule has 0 bridgehead atoms. The van der Waals surface area contributed by atoms with Gasteiger partial charge in [-0.05, 0) is 24.3 Å². The van der Waals surface area contributed by atoms with Crippen molar-refractivity contribution in [2.24, 2.45) is 0 Å². The molecule has 1 N–H and O–H groups in total. The lowest BCUT2D eigenvalue weighted by molar-refractivity contribution is 0.0484. The van der Waals surface area contributed by atoms with Crippen LogP contribution in [-0.4, -0.2) is 25.4 Å². The molecule has 4 nitrogen and oxygen atoms in total. The minimum absolute atomic E-state index is 0.0493. The second-order valence-electron chi connectivity index (χ2n) is 4.89. The molecule has 2 aromatic carbocycles. The van der Waals surface area contributed by atoms with Crippen LogP contribution < -0.4 is 5.32 Å². The summed E-state index contributed by atoms with van der Waals surface area (Å²) >= 11 is 0. The van der Waals surface area contributed by atoms with Gasteiger partial charge >= 0.3 is 6.09 Å². The molecule has 0 aliphatic carbocycles. The van der Waals surface area contributed by atoms with E-state index in [0.29, 0.717) is 6.61 Å². The predicted molar refractivity (Wildman–Crippen MR) is 77.9 cm³/mol. The Labute approximate surface area is 117 Å². The van der Waals surface area contributed by atoms with Crippen LogP contribution in [-0.2, 0) is 9.47 Å². The summed E-state index contributed by atoms with van der Waals surface area (Å²) in [5.41, 5.74) is 0.764. The molecule has 1 heterocycles. The van der Waals surface area contributed by atoms with Gasteiger partial charge in [-0.3, -0.25) is 5.32 Å². The Morgan fingerprint density at radius 2 is 2.10 bits per heavy atom. The molecule has 0 saturated carbocycles. The summed E-state index contributed by atoms with van der Waals surface area (Å²) in [7, 11) is 0. The number of hydrogen-bond donors (Lipinski definition) is 1. The standard InChI is InChI=1S/C16H17NO3/c18-16(20-11-13-7-4-10-19-13)17-15-9-3-6-12-5-1-2-8-14(12)15/h1-3,5-6,8-9,13H,4,7,10-11H2,(H,17,18). The molecule has 1 atom stereocenters. The van der Waals surface area contributed by atoms with Crippen molar-refractivity contribution in [2.45, 2.75) is 18.9 Å². The lowest BCUT2D eigenvalue weighted by Crippen LogP contribution is -2.21. The van der Waals surface area contributed by atoms with Crippen molar-refractivity contribution in [3.05, 3.63) is 42.5 Å². The smallest absolute Gasteiger partial charge is 0.411 e. The highest BCUT2D eigenvalue weighted by Crippen LogP contribution is 2.23. The van der Waals surface area contributed by atoms with Gasteiger partial charge in [0.15, 0.2) is 0 Å². The maximum Gasteiger partial charge on any atom is 0.411 e. The lowest BCUT2D eigenvalue weighted by atomic mass is 10.1. The Hall–Kier alpha value is -2.07. The molecule has 1 unspecified atom stereocenters. The SMILES string of the molecule is O=C(Nc1cccc2ccccc12)OCC1CCCO1. The first-order valence-electron chi connectivity index (χ1n) is 6.86. The molecule has 20 heavy (non-hydrogen) atoms. The Morgan fingerprint density at radius 1 is 1.25 bits per heavy atom. The summed E-state index contributed by atoms with van der Waals surface area (Å²) in [6, 6.07) is 13.7. The molecule has 0 radical (unpaired) electrons. The summed E-state index contributed by atoms with van der Waals surface area (Å²) in [5, 5.41) is 4.88. The average Bonchev–Trinajstić information content (AvgIpc) is 2.99. The molecule has 0 aromatic heterocycles. The van der Waals surface area contributed by atoms with E-state index >= 15 is 0 Å². The maximum absolute atomic E-state index is 11.8. The zero-order valence-electron chi connectivity index (χ0n) is 11.2. The predicted octanol–water partition coefficient (Wildman–Crippen LogP) is 3.57. The van der Waals surface area contributed by atoms with Crippen molar-refractivity contribution in [2.75, 3.05) is 18.5 Å². The van der Waals surface area contributed by atoms with Crippen LogP contribution >= 0.6 is 0 Å². The second kappa shape index (κ2) is 5.92. The molecule has 4 heteroatoms. The highest BCUT2D eigenvalue weighted by Gasteiger charge is 2.17. The Balaban J connectivity index is 1.65. The van der Waals surface area contributed by atoms with Crippen molar-refractivity contribution < 1.29 is 14.3 Å². The Kier molecular flexibility index (Phi) is 3.83. The van der Waals surface area contributed by atoms with E-state index in [2.05, 4.69) is 5.32 Å². The van der Waals surface area contributed by atoms with Crippen LogP contribution in [0.5, 0.6) is 0 Å². The summed E-state index contributed by atoms with van der Waals surface area (Å²) in [6.07, 6.45) is 1.62. The van der Waals surface area contributed by atoms with Crippen molar-refractivity contribution in [1.82, 2.24) is 0 Å². The molecule has 1 amide bonds. The summed E-state index contributed by atoms with van der Waals surface area (Å²) < 4.78 is 10.6. The summed E-state index contributed by atoms with van der Waals surface area (Å²) in [5.74, 6) is 0. The van der Waals surface area contributed by atoms with E-state index in [0.717, 1.165) is 35.9 Å². The average molecular weight is 271 g/mol. The van der Waals surface area contributed by atoms with Gasteiger partial charge in [0.2, 0.25) is 0 Å². The van der Waals surface area contributed by atoms with Gasteiger partial charge in [-0.1, -0.05) is 36.4 Å². The third-order valence-electron chi connectivity index (χ3n) is 3.45. The zero-order valence-corrected chi connectivity index (χ0v) is 11.2. The van der Waals surface area contributed by atoms with Gasteiger partial charge in [0.1, 0.15) is 6.61 Å². The Bertz CT molecular complexity index is 600. The third kappa shape index (κ3) is 2.91. The number of fused-ring (bicyclic) bond motifs is 1. The van der Waals surface area contributed by atoms with Crippen LogP contribution in [0.1, 0.15) is 12.8 Å². The molecule has 0 spiro atoms. The fourth-order valence-corrected chi connectivity index (χ4v) is 2.42. The van der Waals surface area contributed by atoms with Gasteiger partial charge in [-0.15, -0.1) is 0 Å². The van der Waals surface area contributed by atoms with Crippen molar-refractivity contribution in [1.29, 1.82) is 0 Å². The van der Waals surface area contributed by atoms with Crippen LogP contribution in [0.25, 0.3) is 10.8 Å². The van der Waals surface area contributed by atoms with Gasteiger partial charge < -0.3 is 9.47 Å². The number of anilines is 1. The molecule has 1 fully saturated rings. The maximum atomic E-state index is 11.8. The monoisotopic (exact) mass is 271 g/mol. The van der Waals surface area contributed by atoms with Crippen LogP contribution in [0.15, 0.2) is 42.5 Å². The van der Waals surface area contributed by atoms with E-state index in [-0.39, 0.29) is 6.10 Å². The van der Waals surface area contributed by atoms with Crippen molar-refractivity contribution in [3.8, 4) is 0 Å². The Morgan fingerprint density at radius 3 is 2.95 bits per heavy atom. The minimum Gasteiger partial charge on any atom is -0.447 e. The molecule has 2 aromatic rings. The molecule has 1 aliphatic rings. The molecular weight excluding hydrogens is 254 g/mol. The van der Waals surface area contributed by atoms with Gasteiger partial charge in [0, 0.05) is 12.0 Å². The quantitative estimate of drug-likeness (QED) is 0.928. The zero-order chi connectivity index (χ0) is 13.8. The lowest BCUT2D eigenvalue weighted by Gasteiger charge is -2.12. The van der Waals surface area contributed by atoms with E-state index in [1.54, 1.807) is 0 Å². The normalized spacial score (nSPS) is 18.1. The molecule has 3 rings (SSSR count). The largest absolute Gasteiger partial charge is 0.447 e. The minimum atomic E-state index is -0.433. The van der Waals surface area contributed by atoms with Gasteiger partial charge in [-0.2, -0.15) is 0 Å². The number of benzene rings is 2. The van der Waals surface area contributed by atoms with E-state index in [1.165, 1.54) is 0 Å². The first-order valence-corrected chi connectivity index (χ1v) is 6.86. The topological polar surface area (TPSA) is 47.6 Å². The van der Waals surface area contributed by atoms with Crippen LogP contribution in [0.2, 0.25) is 0 Å². The van der Waals surface area contributed by atoms with Crippen LogP contribution in [0, 0.1) is 0 Å².